The largest absolute Gasteiger partial charge is 0.454 e. The maximum absolute atomic E-state index is 11.7. The number of ether oxygens (including phenoxy) is 2. The molecular weight excluding hydrogens is 310 g/mol. The Morgan fingerprint density at radius 1 is 1.29 bits per heavy atom. The second kappa shape index (κ2) is 7.45. The number of pyridine rings is 1. The van der Waals surface area contributed by atoms with Crippen molar-refractivity contribution in [3.63, 3.8) is 0 Å². The Kier molecular flexibility index (Phi) is 4.90. The molecule has 1 aliphatic heterocycles. The third-order valence-electron chi connectivity index (χ3n) is 3.38. The summed E-state index contributed by atoms with van der Waals surface area (Å²) in [4.78, 5) is 20.9. The fraction of sp³-hybridized carbons (Fsp3) is 0.235. The number of hydrogen-bond donors (Lipinski definition) is 1. The number of carbonyl (C=O) groups is 1. The van der Waals surface area contributed by atoms with Crippen LogP contribution in [0.25, 0.3) is 0 Å². The molecule has 1 aliphatic rings. The number of rotatable bonds is 6. The van der Waals surface area contributed by atoms with E-state index < -0.39 is 0 Å². The SMILES string of the molecule is C/C(=N/OCC(=O)NCc1ccccn1)c1ccc2c(c1)OCO2. The molecule has 0 radical (unpaired) electrons. The standard InChI is InChI=1S/C17H17N3O4/c1-12(13-5-6-15-16(8-13)23-11-22-15)20-24-10-17(21)19-9-14-4-2-3-7-18-14/h2-8H,9-11H2,1H3,(H,19,21)/b20-12-. The van der Waals surface area contributed by atoms with Gasteiger partial charge in [0, 0.05) is 11.8 Å². The lowest BCUT2D eigenvalue weighted by Crippen LogP contribution is -2.26. The molecule has 0 unspecified atom stereocenters. The van der Waals surface area contributed by atoms with Crippen LogP contribution in [0.5, 0.6) is 11.5 Å². The first-order valence-corrected chi connectivity index (χ1v) is 7.45. The monoisotopic (exact) mass is 327 g/mol. The predicted octanol–water partition coefficient (Wildman–Crippen LogP) is 1.87. The molecule has 124 valence electrons. The van der Waals surface area contributed by atoms with Gasteiger partial charge in [0.15, 0.2) is 18.1 Å². The van der Waals surface area contributed by atoms with E-state index in [1.165, 1.54) is 0 Å². The van der Waals surface area contributed by atoms with Crippen molar-refractivity contribution in [3.8, 4) is 11.5 Å². The topological polar surface area (TPSA) is 82.0 Å². The zero-order valence-corrected chi connectivity index (χ0v) is 13.2. The van der Waals surface area contributed by atoms with Gasteiger partial charge in [0.05, 0.1) is 18.0 Å². The first-order chi connectivity index (χ1) is 11.7. The molecule has 1 aromatic carbocycles. The second-order valence-electron chi connectivity index (χ2n) is 5.12. The highest BCUT2D eigenvalue weighted by Gasteiger charge is 2.14. The first kappa shape index (κ1) is 15.8. The van der Waals surface area contributed by atoms with E-state index in [2.05, 4.69) is 15.5 Å². The molecule has 1 amide bonds. The maximum atomic E-state index is 11.7. The number of aromatic nitrogens is 1. The minimum absolute atomic E-state index is 0.158. The lowest BCUT2D eigenvalue weighted by molar-refractivity contribution is -0.125. The molecule has 0 saturated heterocycles. The molecule has 0 spiro atoms. The predicted molar refractivity (Wildman–Crippen MR) is 86.8 cm³/mol. The molecule has 7 nitrogen and oxygen atoms in total. The maximum Gasteiger partial charge on any atom is 0.261 e. The molecule has 24 heavy (non-hydrogen) atoms. The quantitative estimate of drug-likeness (QED) is 0.647. The number of oxime groups is 1. The van der Waals surface area contributed by atoms with Crippen LogP contribution >= 0.6 is 0 Å². The highest BCUT2D eigenvalue weighted by atomic mass is 16.7. The van der Waals surface area contributed by atoms with Crippen LogP contribution in [0, 0.1) is 0 Å². The fourth-order valence-corrected chi connectivity index (χ4v) is 2.10. The first-order valence-electron chi connectivity index (χ1n) is 7.45. The lowest BCUT2D eigenvalue weighted by atomic mass is 10.1. The average Bonchev–Trinajstić information content (AvgIpc) is 3.08. The minimum Gasteiger partial charge on any atom is -0.454 e. The van der Waals surface area contributed by atoms with Gasteiger partial charge in [-0.2, -0.15) is 0 Å². The summed E-state index contributed by atoms with van der Waals surface area (Å²) in [5.41, 5.74) is 2.27. The summed E-state index contributed by atoms with van der Waals surface area (Å²) in [7, 11) is 0. The molecule has 1 N–H and O–H groups in total. The number of nitrogens with one attached hydrogen (secondary N) is 1. The van der Waals surface area contributed by atoms with Crippen molar-refractivity contribution in [2.75, 3.05) is 13.4 Å². The fourth-order valence-electron chi connectivity index (χ4n) is 2.10. The number of carbonyl (C=O) groups excluding carboxylic acids is 1. The van der Waals surface area contributed by atoms with Gasteiger partial charge in [-0.3, -0.25) is 9.78 Å². The third-order valence-corrected chi connectivity index (χ3v) is 3.38. The molecule has 2 aromatic rings. The summed E-state index contributed by atoms with van der Waals surface area (Å²) >= 11 is 0. The summed E-state index contributed by atoms with van der Waals surface area (Å²) in [5.74, 6) is 1.12. The van der Waals surface area contributed by atoms with Gasteiger partial charge in [-0.15, -0.1) is 0 Å². The van der Waals surface area contributed by atoms with Gasteiger partial charge >= 0.3 is 0 Å². The molecule has 1 aromatic heterocycles. The van der Waals surface area contributed by atoms with Crippen LogP contribution in [0.2, 0.25) is 0 Å². The number of fused-ring (bicyclic) bond motifs is 1. The van der Waals surface area contributed by atoms with Gasteiger partial charge < -0.3 is 19.6 Å². The third kappa shape index (κ3) is 4.01. The van der Waals surface area contributed by atoms with Crippen LogP contribution in [-0.4, -0.2) is 30.0 Å². The zero-order chi connectivity index (χ0) is 16.8. The van der Waals surface area contributed by atoms with Gasteiger partial charge in [-0.25, -0.2) is 0 Å². The summed E-state index contributed by atoms with van der Waals surface area (Å²) in [6, 6.07) is 11.0. The second-order valence-corrected chi connectivity index (χ2v) is 5.12. The highest BCUT2D eigenvalue weighted by Crippen LogP contribution is 2.32. The van der Waals surface area contributed by atoms with Gasteiger partial charge in [0.25, 0.3) is 5.91 Å². The van der Waals surface area contributed by atoms with Crippen LogP contribution in [0.1, 0.15) is 18.2 Å². The summed E-state index contributed by atoms with van der Waals surface area (Å²) in [5, 5.41) is 6.67. The van der Waals surface area contributed by atoms with Gasteiger partial charge in [-0.05, 0) is 37.3 Å². The number of amides is 1. The van der Waals surface area contributed by atoms with E-state index in [0.29, 0.717) is 23.8 Å². The van der Waals surface area contributed by atoms with Gasteiger partial charge in [0.1, 0.15) is 0 Å². The van der Waals surface area contributed by atoms with E-state index in [1.54, 1.807) is 13.1 Å². The normalized spacial score (nSPS) is 12.8. The van der Waals surface area contributed by atoms with E-state index in [9.17, 15) is 4.79 Å². The molecule has 3 rings (SSSR count). The molecule has 0 atom stereocenters. The Balaban J connectivity index is 1.47. The van der Waals surface area contributed by atoms with Crippen molar-refractivity contribution in [2.24, 2.45) is 5.16 Å². The number of hydrogen-bond acceptors (Lipinski definition) is 6. The smallest absolute Gasteiger partial charge is 0.261 e. The molecule has 0 fully saturated rings. The van der Waals surface area contributed by atoms with Gasteiger partial charge in [-0.1, -0.05) is 11.2 Å². The molecular formula is C17H17N3O4. The molecule has 2 heterocycles. The Morgan fingerprint density at radius 3 is 3.00 bits per heavy atom. The van der Waals surface area contributed by atoms with Crippen molar-refractivity contribution in [1.82, 2.24) is 10.3 Å². The summed E-state index contributed by atoms with van der Waals surface area (Å²) in [6.45, 7) is 2.22. The summed E-state index contributed by atoms with van der Waals surface area (Å²) < 4.78 is 10.6. The Bertz CT molecular complexity index is 747. The van der Waals surface area contributed by atoms with Crippen molar-refractivity contribution in [3.05, 3.63) is 53.9 Å². The average molecular weight is 327 g/mol. The Labute approximate surface area is 139 Å². The summed E-state index contributed by atoms with van der Waals surface area (Å²) in [6.07, 6.45) is 1.68. The van der Waals surface area contributed by atoms with Crippen molar-refractivity contribution in [2.45, 2.75) is 13.5 Å². The number of nitrogens with zero attached hydrogens (tertiary/aromatic N) is 2. The van der Waals surface area contributed by atoms with Crippen molar-refractivity contribution in [1.29, 1.82) is 0 Å². The highest BCUT2D eigenvalue weighted by molar-refractivity contribution is 5.99. The van der Waals surface area contributed by atoms with E-state index >= 15 is 0 Å². The van der Waals surface area contributed by atoms with Crippen LogP contribution < -0.4 is 14.8 Å². The molecule has 7 heteroatoms. The Hall–Kier alpha value is -3.09. The zero-order valence-electron chi connectivity index (χ0n) is 13.2. The van der Waals surface area contributed by atoms with Crippen molar-refractivity contribution >= 4 is 11.6 Å². The number of benzene rings is 1. The van der Waals surface area contributed by atoms with Crippen LogP contribution in [0.15, 0.2) is 47.8 Å². The van der Waals surface area contributed by atoms with E-state index in [1.807, 2.05) is 36.4 Å². The van der Waals surface area contributed by atoms with Crippen molar-refractivity contribution < 1.29 is 19.1 Å². The van der Waals surface area contributed by atoms with Crippen LogP contribution in [0.4, 0.5) is 0 Å². The Morgan fingerprint density at radius 2 is 2.17 bits per heavy atom. The lowest BCUT2D eigenvalue weighted by Gasteiger charge is -2.05. The molecule has 0 saturated carbocycles. The molecule has 0 aliphatic carbocycles. The van der Waals surface area contributed by atoms with E-state index in [0.717, 1.165) is 11.3 Å². The minimum atomic E-state index is -0.261. The molecule has 0 bridgehead atoms. The van der Waals surface area contributed by atoms with E-state index in [-0.39, 0.29) is 19.3 Å². The van der Waals surface area contributed by atoms with Crippen LogP contribution in [-0.2, 0) is 16.2 Å². The van der Waals surface area contributed by atoms with Gasteiger partial charge in [0.2, 0.25) is 6.79 Å². The van der Waals surface area contributed by atoms with E-state index in [4.69, 9.17) is 14.3 Å². The van der Waals surface area contributed by atoms with Crippen LogP contribution in [0.3, 0.4) is 0 Å².